The van der Waals surface area contributed by atoms with Gasteiger partial charge in [-0.2, -0.15) is 10.1 Å². The highest BCUT2D eigenvalue weighted by Gasteiger charge is 2.30. The maximum atomic E-state index is 12.8. The van der Waals surface area contributed by atoms with Crippen molar-refractivity contribution in [3.63, 3.8) is 0 Å². The molecular weight excluding hydrogens is 340 g/mol. The second kappa shape index (κ2) is 6.14. The Kier molecular flexibility index (Phi) is 4.13. The van der Waals surface area contributed by atoms with Crippen LogP contribution in [-0.4, -0.2) is 26.7 Å². The Morgan fingerprint density at radius 3 is 2.56 bits per heavy atom. The van der Waals surface area contributed by atoms with Crippen LogP contribution < -0.4 is 10.6 Å². The van der Waals surface area contributed by atoms with E-state index in [1.807, 2.05) is 32.0 Å². The molecule has 0 radical (unpaired) electrons. The summed E-state index contributed by atoms with van der Waals surface area (Å²) in [6.07, 6.45) is 1.31. The molecule has 1 aromatic carbocycles. The Bertz CT molecular complexity index is 1060. The van der Waals surface area contributed by atoms with E-state index in [-0.39, 0.29) is 21.8 Å². The molecule has 0 unspecified atom stereocenters. The van der Waals surface area contributed by atoms with Gasteiger partial charge in [-0.05, 0) is 50.7 Å². The zero-order valence-corrected chi connectivity index (χ0v) is 14.7. The molecule has 0 fully saturated rings. The normalized spacial score (nSPS) is 15.8. The smallest absolute Gasteiger partial charge is 0.280 e. The van der Waals surface area contributed by atoms with Crippen LogP contribution in [0, 0.1) is 18.6 Å². The lowest BCUT2D eigenvalue weighted by Crippen LogP contribution is -2.22. The molecule has 1 aliphatic rings. The highest BCUT2D eigenvalue weighted by molar-refractivity contribution is 7.71. The van der Waals surface area contributed by atoms with E-state index in [0.717, 1.165) is 11.1 Å². The highest BCUT2D eigenvalue weighted by atomic mass is 32.1. The maximum absolute atomic E-state index is 12.8. The number of carbonyl (C=O) groups is 1. The van der Waals surface area contributed by atoms with Gasteiger partial charge in [-0.1, -0.05) is 17.7 Å². The molecule has 0 saturated heterocycles. The van der Waals surface area contributed by atoms with Crippen LogP contribution in [-0.2, 0) is 4.79 Å². The predicted molar refractivity (Wildman–Crippen MR) is 98.4 cm³/mol. The van der Waals surface area contributed by atoms with Crippen molar-refractivity contribution in [3.8, 4) is 5.88 Å². The molecule has 3 rings (SSSR count). The minimum atomic E-state index is -0.584. The second-order valence-electron chi connectivity index (χ2n) is 5.82. The monoisotopic (exact) mass is 356 g/mol. The number of aromatic amines is 2. The molecule has 25 heavy (non-hydrogen) atoms. The molecule has 0 atom stereocenters. The summed E-state index contributed by atoms with van der Waals surface area (Å²) in [7, 11) is 0. The molecule has 1 amide bonds. The molecule has 8 heteroatoms. The molecule has 7 nitrogen and oxygen atoms in total. The number of nitrogens with zero attached hydrogens (tertiary/aromatic N) is 2. The average Bonchev–Trinajstić information content (AvgIpc) is 2.78. The fraction of sp³-hybridized carbons (Fsp3) is 0.176. The fourth-order valence-electron chi connectivity index (χ4n) is 2.65. The van der Waals surface area contributed by atoms with E-state index in [2.05, 4.69) is 15.1 Å². The highest BCUT2D eigenvalue weighted by Crippen LogP contribution is 2.28. The Morgan fingerprint density at radius 2 is 1.92 bits per heavy atom. The Hall–Kier alpha value is -3.00. The number of hydrogen-bond acceptors (Lipinski definition) is 5. The molecule has 0 aliphatic carbocycles. The van der Waals surface area contributed by atoms with Gasteiger partial charge in [0.1, 0.15) is 5.56 Å². The van der Waals surface area contributed by atoms with Crippen molar-refractivity contribution in [1.82, 2.24) is 9.97 Å². The van der Waals surface area contributed by atoms with Gasteiger partial charge in [0.05, 0.1) is 17.0 Å². The summed E-state index contributed by atoms with van der Waals surface area (Å²) in [5, 5.41) is 15.5. The van der Waals surface area contributed by atoms with E-state index in [1.54, 1.807) is 6.92 Å². The number of benzene rings is 1. The number of H-pyrrole nitrogens is 2. The number of aryl methyl sites for hydroxylation is 2. The summed E-state index contributed by atoms with van der Waals surface area (Å²) in [4.78, 5) is 29.6. The summed E-state index contributed by atoms with van der Waals surface area (Å²) < 4.78 is 0.00435. The predicted octanol–water partition coefficient (Wildman–Crippen LogP) is 2.56. The minimum absolute atomic E-state index is 0.00435. The van der Waals surface area contributed by atoms with Gasteiger partial charge in [-0.25, -0.2) is 0 Å². The standard InChI is InChI=1S/C17H16N4O3S/c1-8-4-5-13(9(2)6-8)21-16(24)11(10(3)20-21)7-12-14(22)18-17(25)19-15(12)23/h4-7H,1-3H3,(H3,18,19,22,23,25)/b11-7-. The number of rotatable bonds is 2. The molecule has 2 heterocycles. The van der Waals surface area contributed by atoms with Gasteiger partial charge >= 0.3 is 0 Å². The topological polar surface area (TPSA) is 102 Å². The molecule has 1 aromatic heterocycles. The lowest BCUT2D eigenvalue weighted by Gasteiger charge is -2.15. The zero-order valence-electron chi connectivity index (χ0n) is 13.9. The van der Waals surface area contributed by atoms with Crippen LogP contribution in [0.2, 0.25) is 0 Å². The fourth-order valence-corrected chi connectivity index (χ4v) is 2.84. The van der Waals surface area contributed by atoms with E-state index in [4.69, 9.17) is 12.2 Å². The van der Waals surface area contributed by atoms with Crippen LogP contribution in [0.5, 0.6) is 5.88 Å². The van der Waals surface area contributed by atoms with Gasteiger partial charge in [0.15, 0.2) is 4.77 Å². The van der Waals surface area contributed by atoms with Crippen molar-refractivity contribution in [2.45, 2.75) is 20.8 Å². The van der Waals surface area contributed by atoms with Crippen LogP contribution in [0.1, 0.15) is 23.6 Å². The SMILES string of the molecule is CC1=NN(c2ccc(C)cc2C)C(=O)/C1=C\c1c(O)[nH]c(=S)[nH]c1=O. The number of aromatic nitrogens is 2. The largest absolute Gasteiger partial charge is 0.494 e. The van der Waals surface area contributed by atoms with Gasteiger partial charge in [0, 0.05) is 0 Å². The Balaban J connectivity index is 2.07. The summed E-state index contributed by atoms with van der Waals surface area (Å²) in [6, 6.07) is 5.69. The summed E-state index contributed by atoms with van der Waals surface area (Å²) in [5.41, 5.74) is 2.69. The molecule has 128 valence electrons. The molecule has 3 N–H and O–H groups in total. The number of carbonyl (C=O) groups excluding carboxylic acids is 1. The summed E-state index contributed by atoms with van der Waals surface area (Å²) in [6.45, 7) is 5.54. The first-order valence-electron chi connectivity index (χ1n) is 7.52. The number of hydrazone groups is 1. The molecular formula is C17H16N4O3S. The van der Waals surface area contributed by atoms with Crippen molar-refractivity contribution in [1.29, 1.82) is 0 Å². The van der Waals surface area contributed by atoms with Crippen LogP contribution in [0.4, 0.5) is 5.69 Å². The third-order valence-electron chi connectivity index (χ3n) is 3.89. The van der Waals surface area contributed by atoms with Gasteiger partial charge in [0.2, 0.25) is 5.88 Å². The van der Waals surface area contributed by atoms with Gasteiger partial charge in [0.25, 0.3) is 11.5 Å². The van der Waals surface area contributed by atoms with Crippen LogP contribution >= 0.6 is 12.2 Å². The average molecular weight is 356 g/mol. The van der Waals surface area contributed by atoms with E-state index in [1.165, 1.54) is 11.1 Å². The Morgan fingerprint density at radius 1 is 1.20 bits per heavy atom. The number of aromatic hydroxyl groups is 1. The minimum Gasteiger partial charge on any atom is -0.494 e. The molecule has 2 aromatic rings. The van der Waals surface area contributed by atoms with Crippen molar-refractivity contribution in [2.75, 3.05) is 5.01 Å². The van der Waals surface area contributed by atoms with E-state index < -0.39 is 11.4 Å². The lowest BCUT2D eigenvalue weighted by molar-refractivity contribution is -0.114. The summed E-state index contributed by atoms with van der Waals surface area (Å²) >= 11 is 4.79. The number of anilines is 1. The van der Waals surface area contributed by atoms with Gasteiger partial charge in [-0.3, -0.25) is 14.6 Å². The van der Waals surface area contributed by atoms with Gasteiger partial charge < -0.3 is 10.1 Å². The van der Waals surface area contributed by atoms with E-state index >= 15 is 0 Å². The first kappa shape index (κ1) is 16.8. The van der Waals surface area contributed by atoms with Crippen LogP contribution in [0.15, 0.2) is 33.7 Å². The van der Waals surface area contributed by atoms with Gasteiger partial charge in [-0.15, -0.1) is 0 Å². The van der Waals surface area contributed by atoms with Crippen molar-refractivity contribution in [3.05, 3.63) is 55.6 Å². The number of nitrogens with one attached hydrogen (secondary N) is 2. The van der Waals surface area contributed by atoms with Crippen LogP contribution in [0.3, 0.4) is 0 Å². The molecule has 0 bridgehead atoms. The first-order chi connectivity index (χ1) is 11.8. The summed E-state index contributed by atoms with van der Waals surface area (Å²) in [5.74, 6) is -0.766. The van der Waals surface area contributed by atoms with E-state index in [9.17, 15) is 14.7 Å². The third-order valence-corrected chi connectivity index (χ3v) is 4.09. The van der Waals surface area contributed by atoms with E-state index in [0.29, 0.717) is 11.4 Å². The van der Waals surface area contributed by atoms with Crippen LogP contribution in [0.25, 0.3) is 6.08 Å². The quantitative estimate of drug-likeness (QED) is 0.568. The number of amides is 1. The van der Waals surface area contributed by atoms with Crippen molar-refractivity contribution >= 4 is 35.6 Å². The third kappa shape index (κ3) is 3.03. The zero-order chi connectivity index (χ0) is 18.3. The van der Waals surface area contributed by atoms with Crippen molar-refractivity contribution in [2.24, 2.45) is 5.10 Å². The maximum Gasteiger partial charge on any atom is 0.280 e. The van der Waals surface area contributed by atoms with Crippen molar-refractivity contribution < 1.29 is 9.90 Å². The first-order valence-corrected chi connectivity index (χ1v) is 7.93. The molecule has 1 aliphatic heterocycles. The molecule has 0 spiro atoms. The Labute approximate surface area is 148 Å². The number of hydrogen-bond donors (Lipinski definition) is 3. The second-order valence-corrected chi connectivity index (χ2v) is 6.23. The molecule has 0 saturated carbocycles. The lowest BCUT2D eigenvalue weighted by atomic mass is 10.1.